The smallest absolute Gasteiger partial charge is 0.326 e. The van der Waals surface area contributed by atoms with Crippen LogP contribution in [0.25, 0.3) is 0 Å². The number of hydrogen-bond donors (Lipinski definition) is 3. The molecule has 0 aromatic heterocycles. The molecule has 2 amide bonds. The molecule has 0 saturated carbocycles. The predicted octanol–water partition coefficient (Wildman–Crippen LogP) is -1.26. The Bertz CT molecular complexity index is 516. The molecule has 1 unspecified atom stereocenters. The number of hydrogen-bond acceptors (Lipinski definition) is 5. The molecule has 2 atom stereocenters. The van der Waals surface area contributed by atoms with Crippen molar-refractivity contribution in [3.05, 3.63) is 0 Å². The van der Waals surface area contributed by atoms with Gasteiger partial charge in [0.05, 0.1) is 17.9 Å². The largest absolute Gasteiger partial charge is 0.481 e. The van der Waals surface area contributed by atoms with Crippen LogP contribution in [0.5, 0.6) is 0 Å². The number of urea groups is 1. The number of sulfone groups is 1. The summed E-state index contributed by atoms with van der Waals surface area (Å²) in [6.45, 7) is 0. The minimum Gasteiger partial charge on any atom is -0.481 e. The number of carbonyl (C=O) groups excluding carboxylic acids is 1. The van der Waals surface area contributed by atoms with E-state index in [2.05, 4.69) is 5.32 Å². The van der Waals surface area contributed by atoms with Crippen LogP contribution in [0.4, 0.5) is 4.79 Å². The molecular weight excluding hydrogens is 292 g/mol. The van der Waals surface area contributed by atoms with Crippen LogP contribution in [0.3, 0.4) is 0 Å². The Kier molecular flexibility index (Phi) is 4.93. The molecule has 20 heavy (non-hydrogen) atoms. The van der Waals surface area contributed by atoms with Gasteiger partial charge in [-0.15, -0.1) is 0 Å². The van der Waals surface area contributed by atoms with E-state index in [0.717, 1.165) is 4.90 Å². The van der Waals surface area contributed by atoms with Crippen molar-refractivity contribution in [2.24, 2.45) is 0 Å². The third-order valence-electron chi connectivity index (χ3n) is 3.05. The Morgan fingerprint density at radius 2 is 1.95 bits per heavy atom. The second kappa shape index (κ2) is 6.07. The molecule has 1 saturated heterocycles. The van der Waals surface area contributed by atoms with Gasteiger partial charge in [0, 0.05) is 13.1 Å². The second-order valence-electron chi connectivity index (χ2n) is 4.61. The van der Waals surface area contributed by atoms with Crippen molar-refractivity contribution in [3.63, 3.8) is 0 Å². The molecule has 0 radical (unpaired) electrons. The number of carbonyl (C=O) groups is 3. The zero-order valence-corrected chi connectivity index (χ0v) is 11.6. The van der Waals surface area contributed by atoms with Crippen LogP contribution < -0.4 is 5.32 Å². The van der Waals surface area contributed by atoms with Gasteiger partial charge in [-0.05, 0) is 6.42 Å². The Labute approximate surface area is 115 Å². The first-order valence-corrected chi connectivity index (χ1v) is 7.63. The van der Waals surface area contributed by atoms with Crippen molar-refractivity contribution in [2.75, 3.05) is 18.6 Å². The zero-order chi connectivity index (χ0) is 15.5. The van der Waals surface area contributed by atoms with Gasteiger partial charge in [-0.25, -0.2) is 18.0 Å². The van der Waals surface area contributed by atoms with Gasteiger partial charge in [0.2, 0.25) is 0 Å². The lowest BCUT2D eigenvalue weighted by Gasteiger charge is -2.25. The molecule has 9 nitrogen and oxygen atoms in total. The van der Waals surface area contributed by atoms with Gasteiger partial charge in [-0.2, -0.15) is 0 Å². The fourth-order valence-corrected chi connectivity index (χ4v) is 3.65. The number of aliphatic carboxylic acids is 2. The van der Waals surface area contributed by atoms with Crippen molar-refractivity contribution in [2.45, 2.75) is 24.9 Å². The van der Waals surface area contributed by atoms with E-state index in [-0.39, 0.29) is 17.9 Å². The minimum absolute atomic E-state index is 0.0211. The summed E-state index contributed by atoms with van der Waals surface area (Å²) in [5, 5.41) is 19.4. The van der Waals surface area contributed by atoms with Crippen LogP contribution in [0, 0.1) is 0 Å². The van der Waals surface area contributed by atoms with E-state index in [1.807, 2.05) is 0 Å². The molecule has 1 rings (SSSR count). The molecular formula is C10H16N2O7S. The Hall–Kier alpha value is -1.84. The highest BCUT2D eigenvalue weighted by molar-refractivity contribution is 7.91. The Morgan fingerprint density at radius 1 is 1.35 bits per heavy atom. The third kappa shape index (κ3) is 4.37. The van der Waals surface area contributed by atoms with Crippen LogP contribution in [0.2, 0.25) is 0 Å². The molecule has 10 heteroatoms. The van der Waals surface area contributed by atoms with Gasteiger partial charge in [0.25, 0.3) is 0 Å². The second-order valence-corrected chi connectivity index (χ2v) is 6.83. The van der Waals surface area contributed by atoms with Crippen LogP contribution in [-0.4, -0.2) is 72.1 Å². The van der Waals surface area contributed by atoms with E-state index >= 15 is 0 Å². The lowest BCUT2D eigenvalue weighted by molar-refractivity contribution is -0.145. The topological polar surface area (TPSA) is 141 Å². The van der Waals surface area contributed by atoms with Gasteiger partial charge >= 0.3 is 18.0 Å². The first-order valence-electron chi connectivity index (χ1n) is 5.80. The van der Waals surface area contributed by atoms with Crippen molar-refractivity contribution in [3.8, 4) is 0 Å². The van der Waals surface area contributed by atoms with Crippen molar-refractivity contribution in [1.82, 2.24) is 10.2 Å². The van der Waals surface area contributed by atoms with E-state index in [0.29, 0.717) is 0 Å². The third-order valence-corrected chi connectivity index (χ3v) is 4.80. The standard InChI is InChI=1S/C10H16N2O7S/c1-12(6-2-3-20(18,19)5-6)10(17)11-7(9(15)16)4-8(13)14/h6-7H,2-5H2,1H3,(H,11,17)(H,13,14)(H,15,16)/t6?,7-/m1/s1. The van der Waals surface area contributed by atoms with E-state index in [9.17, 15) is 22.8 Å². The molecule has 0 spiro atoms. The molecule has 0 bridgehead atoms. The maximum atomic E-state index is 11.8. The maximum absolute atomic E-state index is 11.8. The molecule has 1 heterocycles. The van der Waals surface area contributed by atoms with E-state index in [1.165, 1.54) is 7.05 Å². The SMILES string of the molecule is CN(C(=O)N[C@H](CC(=O)O)C(=O)O)C1CCS(=O)(=O)C1. The molecule has 1 aliphatic rings. The fourth-order valence-electron chi connectivity index (χ4n) is 1.87. The first kappa shape index (κ1) is 16.2. The molecule has 0 aliphatic carbocycles. The number of carboxylic acids is 2. The summed E-state index contributed by atoms with van der Waals surface area (Å²) in [6, 6.07) is -2.89. The number of nitrogens with one attached hydrogen (secondary N) is 1. The number of rotatable bonds is 5. The minimum atomic E-state index is -3.17. The predicted molar refractivity (Wildman–Crippen MR) is 67.0 cm³/mol. The van der Waals surface area contributed by atoms with Gasteiger partial charge in [0.15, 0.2) is 9.84 Å². The summed E-state index contributed by atoms with van der Waals surface area (Å²) in [6.07, 6.45) is -0.471. The average molecular weight is 308 g/mol. The summed E-state index contributed by atoms with van der Waals surface area (Å²) in [4.78, 5) is 34.2. The molecule has 0 aromatic rings. The normalized spacial score (nSPS) is 21.9. The lowest BCUT2D eigenvalue weighted by atomic mass is 10.2. The van der Waals surface area contributed by atoms with E-state index in [4.69, 9.17) is 10.2 Å². The summed E-state index contributed by atoms with van der Waals surface area (Å²) >= 11 is 0. The fraction of sp³-hybridized carbons (Fsp3) is 0.700. The molecule has 0 aromatic carbocycles. The molecule has 1 aliphatic heterocycles. The number of nitrogens with zero attached hydrogens (tertiary/aromatic N) is 1. The van der Waals surface area contributed by atoms with E-state index < -0.39 is 46.3 Å². The summed E-state index contributed by atoms with van der Waals surface area (Å²) in [5.41, 5.74) is 0. The zero-order valence-electron chi connectivity index (χ0n) is 10.8. The van der Waals surface area contributed by atoms with Crippen LogP contribution in [-0.2, 0) is 19.4 Å². The van der Waals surface area contributed by atoms with Crippen molar-refractivity contribution < 1.29 is 33.0 Å². The van der Waals surface area contributed by atoms with Crippen molar-refractivity contribution in [1.29, 1.82) is 0 Å². The van der Waals surface area contributed by atoms with Gasteiger partial charge in [-0.1, -0.05) is 0 Å². The summed E-state index contributed by atoms with van der Waals surface area (Å²) in [7, 11) is -1.82. The lowest BCUT2D eigenvalue weighted by Crippen LogP contribution is -2.50. The highest BCUT2D eigenvalue weighted by Gasteiger charge is 2.34. The highest BCUT2D eigenvalue weighted by Crippen LogP contribution is 2.16. The highest BCUT2D eigenvalue weighted by atomic mass is 32.2. The van der Waals surface area contributed by atoms with Crippen molar-refractivity contribution >= 4 is 27.8 Å². The monoisotopic (exact) mass is 308 g/mol. The maximum Gasteiger partial charge on any atom is 0.326 e. The average Bonchev–Trinajstić information content (AvgIpc) is 2.67. The summed E-state index contributed by atoms with van der Waals surface area (Å²) in [5.74, 6) is -3.02. The van der Waals surface area contributed by atoms with Gasteiger partial charge in [0.1, 0.15) is 6.04 Å². The van der Waals surface area contributed by atoms with Crippen LogP contribution in [0.1, 0.15) is 12.8 Å². The quantitative estimate of drug-likeness (QED) is 0.575. The first-order chi connectivity index (χ1) is 9.12. The Balaban J connectivity index is 2.65. The van der Waals surface area contributed by atoms with E-state index in [1.54, 1.807) is 0 Å². The van der Waals surface area contributed by atoms with Gasteiger partial charge in [-0.3, -0.25) is 4.79 Å². The molecule has 114 valence electrons. The van der Waals surface area contributed by atoms with Crippen LogP contribution >= 0.6 is 0 Å². The number of amides is 2. The number of carboxylic acid groups (broad SMARTS) is 2. The van der Waals surface area contributed by atoms with Gasteiger partial charge < -0.3 is 20.4 Å². The molecule has 1 fully saturated rings. The van der Waals surface area contributed by atoms with Crippen LogP contribution in [0.15, 0.2) is 0 Å². The summed E-state index contributed by atoms with van der Waals surface area (Å²) < 4.78 is 22.6. The Morgan fingerprint density at radius 3 is 2.35 bits per heavy atom. The molecule has 3 N–H and O–H groups in total.